The molecule has 3 nitrogen and oxygen atoms in total. The second-order valence-corrected chi connectivity index (χ2v) is 3.34. The lowest BCUT2D eigenvalue weighted by Gasteiger charge is -2.02. The van der Waals surface area contributed by atoms with Crippen LogP contribution >= 0.6 is 0 Å². The fourth-order valence-corrected chi connectivity index (χ4v) is 1.21. The van der Waals surface area contributed by atoms with Crippen LogP contribution < -0.4 is 5.32 Å². The number of carbonyl (C=O) groups excluding carboxylic acids is 1. The zero-order valence-electron chi connectivity index (χ0n) is 8.58. The maximum Gasteiger partial charge on any atom is 0.220 e. The number of rotatable bonds is 6. The molecule has 0 atom stereocenters. The Balaban J connectivity index is 2.06. The molecule has 0 spiro atoms. The monoisotopic (exact) mass is 195 g/mol. The molecule has 1 amide bonds. The highest BCUT2D eigenvalue weighted by atomic mass is 16.3. The summed E-state index contributed by atoms with van der Waals surface area (Å²) in [6.45, 7) is 2.78. The fourth-order valence-electron chi connectivity index (χ4n) is 1.21. The van der Waals surface area contributed by atoms with Crippen LogP contribution in [-0.4, -0.2) is 12.5 Å². The zero-order valence-corrected chi connectivity index (χ0v) is 8.58. The van der Waals surface area contributed by atoms with Gasteiger partial charge >= 0.3 is 0 Å². The summed E-state index contributed by atoms with van der Waals surface area (Å²) in [6, 6.07) is 1.91. The number of carbonyl (C=O) groups is 1. The van der Waals surface area contributed by atoms with Crippen molar-refractivity contribution in [3.05, 3.63) is 24.2 Å². The first kappa shape index (κ1) is 10.8. The molecule has 3 heteroatoms. The van der Waals surface area contributed by atoms with Crippen molar-refractivity contribution in [1.82, 2.24) is 5.32 Å². The Morgan fingerprint density at radius 1 is 1.57 bits per heavy atom. The van der Waals surface area contributed by atoms with Gasteiger partial charge in [-0.15, -0.1) is 0 Å². The van der Waals surface area contributed by atoms with E-state index in [-0.39, 0.29) is 5.91 Å². The molecule has 1 aromatic heterocycles. The molecule has 0 unspecified atom stereocenters. The minimum absolute atomic E-state index is 0.148. The molecule has 14 heavy (non-hydrogen) atoms. The van der Waals surface area contributed by atoms with Crippen LogP contribution in [0.4, 0.5) is 0 Å². The van der Waals surface area contributed by atoms with Gasteiger partial charge in [-0.2, -0.15) is 0 Å². The molecule has 0 radical (unpaired) electrons. The average molecular weight is 195 g/mol. The maximum atomic E-state index is 11.2. The van der Waals surface area contributed by atoms with Gasteiger partial charge in [0.2, 0.25) is 5.91 Å². The largest absolute Gasteiger partial charge is 0.472 e. The third-order valence-electron chi connectivity index (χ3n) is 2.07. The minimum Gasteiger partial charge on any atom is -0.472 e. The first-order chi connectivity index (χ1) is 6.83. The number of nitrogens with one attached hydrogen (secondary N) is 1. The smallest absolute Gasteiger partial charge is 0.220 e. The second kappa shape index (κ2) is 6.24. The molecule has 0 aliphatic rings. The van der Waals surface area contributed by atoms with E-state index in [2.05, 4.69) is 12.2 Å². The number of furan rings is 1. The van der Waals surface area contributed by atoms with Crippen LogP contribution in [0.3, 0.4) is 0 Å². The molecule has 0 bridgehead atoms. The van der Waals surface area contributed by atoms with Crippen LogP contribution in [0.15, 0.2) is 23.0 Å². The molecule has 1 heterocycles. The first-order valence-electron chi connectivity index (χ1n) is 5.10. The number of hydrogen-bond donors (Lipinski definition) is 1. The Kier molecular flexibility index (Phi) is 4.83. The van der Waals surface area contributed by atoms with Gasteiger partial charge in [-0.25, -0.2) is 0 Å². The van der Waals surface area contributed by atoms with E-state index in [0.717, 1.165) is 24.8 Å². The molecule has 0 aromatic carbocycles. The Hall–Kier alpha value is -1.25. The van der Waals surface area contributed by atoms with Gasteiger partial charge in [-0.3, -0.25) is 4.79 Å². The Morgan fingerprint density at radius 3 is 3.07 bits per heavy atom. The van der Waals surface area contributed by atoms with Crippen molar-refractivity contribution in [2.24, 2.45) is 0 Å². The summed E-state index contributed by atoms with van der Waals surface area (Å²) in [4.78, 5) is 11.2. The van der Waals surface area contributed by atoms with Crippen LogP contribution in [0.2, 0.25) is 0 Å². The van der Waals surface area contributed by atoms with Crippen LogP contribution in [0.5, 0.6) is 0 Å². The van der Waals surface area contributed by atoms with E-state index in [4.69, 9.17) is 4.42 Å². The first-order valence-corrected chi connectivity index (χ1v) is 5.10. The standard InChI is InChI=1S/C11H17NO2/c1-2-3-4-11(13)12-7-5-10-6-8-14-9-10/h6,8-9H,2-5,7H2,1H3,(H,12,13). The highest BCUT2D eigenvalue weighted by Gasteiger charge is 1.99. The SMILES string of the molecule is CCCCC(=O)NCCc1ccoc1. The van der Waals surface area contributed by atoms with Gasteiger partial charge in [-0.05, 0) is 24.5 Å². The van der Waals surface area contributed by atoms with Crippen molar-refractivity contribution in [3.63, 3.8) is 0 Å². The maximum absolute atomic E-state index is 11.2. The van der Waals surface area contributed by atoms with Crippen molar-refractivity contribution in [1.29, 1.82) is 0 Å². The van der Waals surface area contributed by atoms with E-state index < -0.39 is 0 Å². The third kappa shape index (κ3) is 4.12. The summed E-state index contributed by atoms with van der Waals surface area (Å²) in [6.07, 6.45) is 6.87. The van der Waals surface area contributed by atoms with Crippen LogP contribution in [-0.2, 0) is 11.2 Å². The lowest BCUT2D eigenvalue weighted by Crippen LogP contribution is -2.25. The molecule has 0 saturated carbocycles. The van der Waals surface area contributed by atoms with Crippen molar-refractivity contribution in [3.8, 4) is 0 Å². The predicted octanol–water partition coefficient (Wildman–Crippen LogP) is 2.13. The van der Waals surface area contributed by atoms with Crippen molar-refractivity contribution < 1.29 is 9.21 Å². The number of hydrogen-bond acceptors (Lipinski definition) is 2. The molecule has 0 saturated heterocycles. The highest BCUT2D eigenvalue weighted by molar-refractivity contribution is 5.75. The molecule has 0 aliphatic heterocycles. The summed E-state index contributed by atoms with van der Waals surface area (Å²) in [5, 5.41) is 2.88. The Labute approximate surface area is 84.5 Å². The molecular formula is C11H17NO2. The molecule has 78 valence electrons. The van der Waals surface area contributed by atoms with Crippen molar-refractivity contribution in [2.75, 3.05) is 6.54 Å². The minimum atomic E-state index is 0.148. The van der Waals surface area contributed by atoms with Gasteiger partial charge in [0.25, 0.3) is 0 Å². The van der Waals surface area contributed by atoms with Crippen LogP contribution in [0, 0.1) is 0 Å². The number of unbranched alkanes of at least 4 members (excludes halogenated alkanes) is 1. The summed E-state index contributed by atoms with van der Waals surface area (Å²) < 4.78 is 4.92. The van der Waals surface area contributed by atoms with E-state index in [1.165, 1.54) is 0 Å². The van der Waals surface area contributed by atoms with E-state index >= 15 is 0 Å². The number of amides is 1. The van der Waals surface area contributed by atoms with Crippen molar-refractivity contribution in [2.45, 2.75) is 32.6 Å². The lowest BCUT2D eigenvalue weighted by molar-refractivity contribution is -0.121. The average Bonchev–Trinajstić information content (AvgIpc) is 2.67. The van der Waals surface area contributed by atoms with E-state index in [9.17, 15) is 4.79 Å². The van der Waals surface area contributed by atoms with Gasteiger partial charge < -0.3 is 9.73 Å². The zero-order chi connectivity index (χ0) is 10.2. The van der Waals surface area contributed by atoms with E-state index in [1.807, 2.05) is 6.07 Å². The predicted molar refractivity (Wildman–Crippen MR) is 54.9 cm³/mol. The highest BCUT2D eigenvalue weighted by Crippen LogP contribution is 1.99. The Bertz CT molecular complexity index is 254. The summed E-state index contributed by atoms with van der Waals surface area (Å²) in [5.74, 6) is 0.148. The quantitative estimate of drug-likeness (QED) is 0.755. The van der Waals surface area contributed by atoms with Crippen LogP contribution in [0.1, 0.15) is 31.7 Å². The van der Waals surface area contributed by atoms with Gasteiger partial charge in [0, 0.05) is 13.0 Å². The fraction of sp³-hybridized carbons (Fsp3) is 0.545. The van der Waals surface area contributed by atoms with Gasteiger partial charge in [-0.1, -0.05) is 13.3 Å². The molecule has 0 fully saturated rings. The molecule has 1 rings (SSSR count). The molecule has 0 aliphatic carbocycles. The normalized spacial score (nSPS) is 10.1. The second-order valence-electron chi connectivity index (χ2n) is 3.34. The topological polar surface area (TPSA) is 42.2 Å². The summed E-state index contributed by atoms with van der Waals surface area (Å²) >= 11 is 0. The lowest BCUT2D eigenvalue weighted by atomic mass is 10.2. The Morgan fingerprint density at radius 2 is 2.43 bits per heavy atom. The molecular weight excluding hydrogens is 178 g/mol. The summed E-state index contributed by atoms with van der Waals surface area (Å²) in [5.41, 5.74) is 1.13. The third-order valence-corrected chi connectivity index (χ3v) is 2.07. The van der Waals surface area contributed by atoms with Gasteiger partial charge in [0.15, 0.2) is 0 Å². The van der Waals surface area contributed by atoms with Crippen LogP contribution in [0.25, 0.3) is 0 Å². The van der Waals surface area contributed by atoms with E-state index in [1.54, 1.807) is 12.5 Å². The van der Waals surface area contributed by atoms with Gasteiger partial charge in [0.05, 0.1) is 12.5 Å². The molecule has 1 N–H and O–H groups in total. The van der Waals surface area contributed by atoms with E-state index in [0.29, 0.717) is 13.0 Å². The summed E-state index contributed by atoms with van der Waals surface area (Å²) in [7, 11) is 0. The van der Waals surface area contributed by atoms with Gasteiger partial charge in [0.1, 0.15) is 0 Å². The van der Waals surface area contributed by atoms with Crippen molar-refractivity contribution >= 4 is 5.91 Å². The molecule has 1 aromatic rings.